The van der Waals surface area contributed by atoms with Crippen molar-refractivity contribution in [2.45, 2.75) is 58.8 Å². The minimum absolute atomic E-state index is 0.241. The van der Waals surface area contributed by atoms with E-state index in [1.165, 1.54) is 0 Å². The summed E-state index contributed by atoms with van der Waals surface area (Å²) in [5.41, 5.74) is 0. The number of rotatable bonds is 7. The van der Waals surface area contributed by atoms with E-state index in [2.05, 4.69) is 26.1 Å². The average Bonchev–Trinajstić information content (AvgIpc) is 2.60. The summed E-state index contributed by atoms with van der Waals surface area (Å²) < 4.78 is 28.9. The predicted octanol–water partition coefficient (Wildman–Crippen LogP) is 1.85. The molecule has 4 nitrogen and oxygen atoms in total. The summed E-state index contributed by atoms with van der Waals surface area (Å²) in [5, 5.41) is 3.35. The summed E-state index contributed by atoms with van der Waals surface area (Å²) in [5.74, 6) is 1.51. The van der Waals surface area contributed by atoms with Gasteiger partial charge in [-0.25, -0.2) is 8.42 Å². The van der Waals surface area contributed by atoms with Crippen LogP contribution in [0.1, 0.15) is 40.5 Å². The Kier molecular flexibility index (Phi) is 6.27. The van der Waals surface area contributed by atoms with E-state index < -0.39 is 9.84 Å². The average molecular weight is 291 g/mol. The lowest BCUT2D eigenvalue weighted by atomic mass is 9.82. The molecule has 1 saturated heterocycles. The highest BCUT2D eigenvalue weighted by molar-refractivity contribution is 7.91. The van der Waals surface area contributed by atoms with Gasteiger partial charge in [-0.15, -0.1) is 0 Å². The van der Waals surface area contributed by atoms with Crippen LogP contribution in [0.25, 0.3) is 0 Å². The maximum atomic E-state index is 11.5. The summed E-state index contributed by atoms with van der Waals surface area (Å²) in [4.78, 5) is 0. The number of sulfone groups is 1. The van der Waals surface area contributed by atoms with Crippen LogP contribution in [0.2, 0.25) is 0 Å². The summed E-state index contributed by atoms with van der Waals surface area (Å²) in [7, 11) is -0.884. The van der Waals surface area contributed by atoms with Crippen molar-refractivity contribution in [1.82, 2.24) is 5.32 Å². The van der Waals surface area contributed by atoms with Crippen molar-refractivity contribution in [2.24, 2.45) is 11.8 Å². The van der Waals surface area contributed by atoms with E-state index in [1.807, 2.05) is 7.05 Å². The molecule has 1 fully saturated rings. The zero-order valence-electron chi connectivity index (χ0n) is 12.8. The van der Waals surface area contributed by atoms with Gasteiger partial charge in [-0.1, -0.05) is 13.8 Å². The number of nitrogens with one attached hydrogen (secondary N) is 1. The summed E-state index contributed by atoms with van der Waals surface area (Å²) in [6.07, 6.45) is 2.15. The fourth-order valence-electron chi connectivity index (χ4n) is 3.18. The van der Waals surface area contributed by atoms with Crippen molar-refractivity contribution in [3.63, 3.8) is 0 Å². The molecule has 0 spiro atoms. The van der Waals surface area contributed by atoms with Gasteiger partial charge < -0.3 is 10.1 Å². The molecule has 5 unspecified atom stereocenters. The van der Waals surface area contributed by atoms with Crippen LogP contribution < -0.4 is 5.32 Å². The highest BCUT2D eigenvalue weighted by Crippen LogP contribution is 2.35. The topological polar surface area (TPSA) is 55.4 Å². The molecule has 0 saturated carbocycles. The van der Waals surface area contributed by atoms with Crippen LogP contribution in [0.4, 0.5) is 0 Å². The van der Waals surface area contributed by atoms with Gasteiger partial charge in [-0.2, -0.15) is 0 Å². The molecule has 1 N–H and O–H groups in total. The van der Waals surface area contributed by atoms with E-state index in [4.69, 9.17) is 4.74 Å². The second-order valence-corrected chi connectivity index (χ2v) is 8.23. The molecule has 1 aliphatic heterocycles. The monoisotopic (exact) mass is 291 g/mol. The molecular formula is C14H29NO3S. The molecule has 5 atom stereocenters. The van der Waals surface area contributed by atoms with E-state index in [-0.39, 0.29) is 18.0 Å². The van der Waals surface area contributed by atoms with Crippen molar-refractivity contribution in [3.05, 3.63) is 0 Å². The molecular weight excluding hydrogens is 262 g/mol. The maximum absolute atomic E-state index is 11.5. The van der Waals surface area contributed by atoms with Gasteiger partial charge in [0.2, 0.25) is 0 Å². The first-order chi connectivity index (χ1) is 8.82. The molecule has 0 aromatic carbocycles. The fraction of sp³-hybridized carbons (Fsp3) is 1.00. The molecule has 19 heavy (non-hydrogen) atoms. The molecule has 0 amide bonds. The lowest BCUT2D eigenvalue weighted by Gasteiger charge is -2.28. The fourth-order valence-corrected chi connectivity index (χ4v) is 4.08. The van der Waals surface area contributed by atoms with E-state index in [0.717, 1.165) is 12.8 Å². The van der Waals surface area contributed by atoms with Crippen LogP contribution in [0.15, 0.2) is 0 Å². The van der Waals surface area contributed by atoms with Gasteiger partial charge in [0.05, 0.1) is 18.0 Å². The maximum Gasteiger partial charge on any atom is 0.150 e. The second-order valence-electron chi connectivity index (χ2n) is 5.76. The van der Waals surface area contributed by atoms with E-state index >= 15 is 0 Å². The van der Waals surface area contributed by atoms with Crippen LogP contribution in [-0.2, 0) is 14.6 Å². The Labute approximate surface area is 118 Å². The van der Waals surface area contributed by atoms with Crippen molar-refractivity contribution < 1.29 is 13.2 Å². The molecule has 1 heterocycles. The van der Waals surface area contributed by atoms with Crippen LogP contribution >= 0.6 is 0 Å². The van der Waals surface area contributed by atoms with Crippen molar-refractivity contribution in [3.8, 4) is 0 Å². The van der Waals surface area contributed by atoms with E-state index in [1.54, 1.807) is 6.92 Å². The van der Waals surface area contributed by atoms with Crippen molar-refractivity contribution in [2.75, 3.05) is 18.6 Å². The number of ether oxygens (including phenoxy) is 1. The molecule has 5 heteroatoms. The first-order valence-electron chi connectivity index (χ1n) is 7.35. The first kappa shape index (κ1) is 16.9. The Balaban J connectivity index is 2.54. The second kappa shape index (κ2) is 7.04. The lowest BCUT2D eigenvalue weighted by molar-refractivity contribution is 0.0475. The smallest absolute Gasteiger partial charge is 0.150 e. The lowest BCUT2D eigenvalue weighted by Crippen LogP contribution is -2.40. The van der Waals surface area contributed by atoms with E-state index in [0.29, 0.717) is 23.6 Å². The highest BCUT2D eigenvalue weighted by atomic mass is 32.2. The van der Waals surface area contributed by atoms with Crippen molar-refractivity contribution >= 4 is 9.84 Å². The minimum Gasteiger partial charge on any atom is -0.375 e. The molecule has 0 aromatic heterocycles. The molecule has 114 valence electrons. The van der Waals surface area contributed by atoms with Crippen LogP contribution in [0, 0.1) is 11.8 Å². The van der Waals surface area contributed by atoms with Crippen LogP contribution in [-0.4, -0.2) is 45.2 Å². The molecule has 0 radical (unpaired) electrons. The number of hydrogen-bond acceptors (Lipinski definition) is 4. The molecule has 0 aliphatic carbocycles. The summed E-state index contributed by atoms with van der Waals surface area (Å²) >= 11 is 0. The Morgan fingerprint density at radius 1 is 1.21 bits per heavy atom. The number of hydrogen-bond donors (Lipinski definition) is 1. The van der Waals surface area contributed by atoms with Gasteiger partial charge >= 0.3 is 0 Å². The zero-order valence-corrected chi connectivity index (χ0v) is 13.7. The molecule has 0 bridgehead atoms. The minimum atomic E-state index is -2.84. The Morgan fingerprint density at radius 2 is 1.84 bits per heavy atom. The van der Waals surface area contributed by atoms with Gasteiger partial charge in [-0.05, 0) is 39.7 Å². The Bertz CT molecular complexity index is 369. The quantitative estimate of drug-likeness (QED) is 0.778. The Hall–Kier alpha value is -0.130. The van der Waals surface area contributed by atoms with Crippen LogP contribution in [0.5, 0.6) is 0 Å². The summed E-state index contributed by atoms with van der Waals surface area (Å²) in [6, 6.07) is 0.335. The summed E-state index contributed by atoms with van der Waals surface area (Å²) in [6.45, 7) is 8.18. The van der Waals surface area contributed by atoms with Crippen molar-refractivity contribution in [1.29, 1.82) is 0 Å². The third-order valence-electron chi connectivity index (χ3n) is 4.56. The van der Waals surface area contributed by atoms with Gasteiger partial charge in [0.1, 0.15) is 9.84 Å². The normalized spacial score (nSPS) is 33.5. The third kappa shape index (κ3) is 4.43. The largest absolute Gasteiger partial charge is 0.375 e. The standard InChI is InChI=1S/C14H29NO3S/c1-6-19(16,17)9-7-8-13(15-5)14-10(2)11(3)18-12(14)4/h10-15H,6-9H2,1-5H3. The van der Waals surface area contributed by atoms with Gasteiger partial charge in [0.15, 0.2) is 0 Å². The van der Waals surface area contributed by atoms with E-state index in [9.17, 15) is 8.42 Å². The molecule has 1 aliphatic rings. The Morgan fingerprint density at radius 3 is 2.26 bits per heavy atom. The SMILES string of the molecule is CCS(=O)(=O)CCCC(NC)C1C(C)OC(C)C1C. The highest BCUT2D eigenvalue weighted by Gasteiger charge is 2.40. The van der Waals surface area contributed by atoms with Gasteiger partial charge in [0.25, 0.3) is 0 Å². The first-order valence-corrected chi connectivity index (χ1v) is 9.17. The van der Waals surface area contributed by atoms with Crippen LogP contribution in [0.3, 0.4) is 0 Å². The van der Waals surface area contributed by atoms with Gasteiger partial charge in [0, 0.05) is 17.7 Å². The van der Waals surface area contributed by atoms with Gasteiger partial charge in [-0.3, -0.25) is 0 Å². The molecule has 1 rings (SSSR count). The zero-order chi connectivity index (χ0) is 14.6. The molecule has 0 aromatic rings. The third-order valence-corrected chi connectivity index (χ3v) is 6.35. The predicted molar refractivity (Wildman–Crippen MR) is 79.1 cm³/mol.